The summed E-state index contributed by atoms with van der Waals surface area (Å²) in [6.07, 6.45) is 5.11. The van der Waals surface area contributed by atoms with E-state index in [1.165, 1.54) is 18.7 Å². The molecule has 0 atom stereocenters. The molecular formula is C15H19NO2. The van der Waals surface area contributed by atoms with Crippen molar-refractivity contribution in [1.82, 2.24) is 4.90 Å². The van der Waals surface area contributed by atoms with Crippen molar-refractivity contribution in [3.63, 3.8) is 0 Å². The second kappa shape index (κ2) is 8.25. The molecule has 0 amide bonds. The third-order valence-corrected chi connectivity index (χ3v) is 2.46. The highest BCUT2D eigenvalue weighted by molar-refractivity contribution is 5.81. The number of ether oxygens (including phenoxy) is 1. The van der Waals surface area contributed by atoms with E-state index in [0.717, 1.165) is 13.1 Å². The maximum Gasteiger partial charge on any atom is 0.330 e. The van der Waals surface area contributed by atoms with Gasteiger partial charge in [0.2, 0.25) is 0 Å². The first-order valence-electron chi connectivity index (χ1n) is 5.88. The number of carbonyl (C=O) groups excluding carboxylic acids is 1. The number of hydrogen-bond acceptors (Lipinski definition) is 3. The van der Waals surface area contributed by atoms with E-state index < -0.39 is 0 Å². The molecule has 0 saturated carbocycles. The minimum absolute atomic E-state index is 0.326. The number of nitrogens with zero attached hydrogens (tertiary/aromatic N) is 1. The van der Waals surface area contributed by atoms with Gasteiger partial charge in [-0.05, 0) is 5.56 Å². The summed E-state index contributed by atoms with van der Waals surface area (Å²) in [5.74, 6) is -0.326. The van der Waals surface area contributed by atoms with Crippen molar-refractivity contribution < 1.29 is 9.53 Å². The van der Waals surface area contributed by atoms with Crippen LogP contribution < -0.4 is 0 Å². The van der Waals surface area contributed by atoms with Crippen LogP contribution in [0.3, 0.4) is 0 Å². The summed E-state index contributed by atoms with van der Waals surface area (Å²) in [4.78, 5) is 13.1. The van der Waals surface area contributed by atoms with E-state index >= 15 is 0 Å². The standard InChI is InChI=1S/C15H19NO2/c1-3-11-16(12-7-10-15(17)18-2)13-14-8-5-4-6-9-14/h3-10H,1,11-13H2,2H3. The Balaban J connectivity index is 2.52. The number of esters is 1. The molecule has 0 aliphatic carbocycles. The summed E-state index contributed by atoms with van der Waals surface area (Å²) in [5, 5.41) is 0. The minimum Gasteiger partial charge on any atom is -0.466 e. The topological polar surface area (TPSA) is 29.5 Å². The Bertz CT molecular complexity index is 398. The van der Waals surface area contributed by atoms with Crippen LogP contribution in [0.15, 0.2) is 55.1 Å². The van der Waals surface area contributed by atoms with Gasteiger partial charge in [-0.25, -0.2) is 4.79 Å². The normalized spacial score (nSPS) is 10.8. The first-order chi connectivity index (χ1) is 8.76. The number of hydrogen-bond donors (Lipinski definition) is 0. The molecule has 0 bridgehead atoms. The average molecular weight is 245 g/mol. The molecule has 0 aliphatic rings. The predicted molar refractivity (Wildman–Crippen MR) is 73.1 cm³/mol. The average Bonchev–Trinajstić information content (AvgIpc) is 2.40. The van der Waals surface area contributed by atoms with Crippen molar-refractivity contribution in [2.24, 2.45) is 0 Å². The molecule has 96 valence electrons. The van der Waals surface area contributed by atoms with Gasteiger partial charge in [-0.2, -0.15) is 0 Å². The van der Waals surface area contributed by atoms with E-state index in [1.54, 1.807) is 6.08 Å². The fourth-order valence-corrected chi connectivity index (χ4v) is 1.59. The SMILES string of the molecule is C=CCN(CC=CC(=O)OC)Cc1ccccc1. The lowest BCUT2D eigenvalue weighted by atomic mass is 10.2. The minimum atomic E-state index is -0.326. The zero-order valence-corrected chi connectivity index (χ0v) is 10.7. The van der Waals surface area contributed by atoms with E-state index in [1.807, 2.05) is 24.3 Å². The third kappa shape index (κ3) is 5.46. The van der Waals surface area contributed by atoms with Crippen LogP contribution >= 0.6 is 0 Å². The fourth-order valence-electron chi connectivity index (χ4n) is 1.59. The molecule has 1 aromatic carbocycles. The Hall–Kier alpha value is -1.87. The third-order valence-electron chi connectivity index (χ3n) is 2.46. The first kappa shape index (κ1) is 14.2. The number of benzene rings is 1. The maximum absolute atomic E-state index is 11.0. The molecule has 3 nitrogen and oxygen atoms in total. The van der Waals surface area contributed by atoms with Crippen LogP contribution in [0.4, 0.5) is 0 Å². The molecule has 0 radical (unpaired) electrons. The highest BCUT2D eigenvalue weighted by Crippen LogP contribution is 2.04. The summed E-state index contributed by atoms with van der Waals surface area (Å²) >= 11 is 0. The fraction of sp³-hybridized carbons (Fsp3) is 0.267. The van der Waals surface area contributed by atoms with Crippen LogP contribution in [0.25, 0.3) is 0 Å². The van der Waals surface area contributed by atoms with Gasteiger partial charge in [0, 0.05) is 25.7 Å². The van der Waals surface area contributed by atoms with Crippen molar-refractivity contribution >= 4 is 5.97 Å². The first-order valence-corrected chi connectivity index (χ1v) is 5.88. The van der Waals surface area contributed by atoms with Gasteiger partial charge in [0.05, 0.1) is 7.11 Å². The van der Waals surface area contributed by atoms with Gasteiger partial charge >= 0.3 is 5.97 Å². The zero-order chi connectivity index (χ0) is 13.2. The predicted octanol–water partition coefficient (Wildman–Crippen LogP) is 2.40. The van der Waals surface area contributed by atoms with Gasteiger partial charge in [0.15, 0.2) is 0 Å². The monoisotopic (exact) mass is 245 g/mol. The van der Waals surface area contributed by atoms with Crippen LogP contribution in [0.5, 0.6) is 0 Å². The van der Waals surface area contributed by atoms with Crippen molar-refractivity contribution in [3.05, 3.63) is 60.7 Å². The zero-order valence-electron chi connectivity index (χ0n) is 10.7. The highest BCUT2D eigenvalue weighted by atomic mass is 16.5. The lowest BCUT2D eigenvalue weighted by Gasteiger charge is -2.18. The Morgan fingerprint density at radius 3 is 2.67 bits per heavy atom. The molecule has 3 heteroatoms. The Kier molecular flexibility index (Phi) is 6.51. The lowest BCUT2D eigenvalue weighted by Crippen LogP contribution is -2.23. The molecular weight excluding hydrogens is 226 g/mol. The van der Waals surface area contributed by atoms with Crippen molar-refractivity contribution in [1.29, 1.82) is 0 Å². The molecule has 1 rings (SSSR count). The quantitative estimate of drug-likeness (QED) is 0.420. The van der Waals surface area contributed by atoms with E-state index in [4.69, 9.17) is 0 Å². The molecule has 0 fully saturated rings. The van der Waals surface area contributed by atoms with Crippen LogP contribution in [-0.2, 0) is 16.1 Å². The van der Waals surface area contributed by atoms with Crippen LogP contribution in [0.1, 0.15) is 5.56 Å². The van der Waals surface area contributed by atoms with Gasteiger partial charge in [-0.3, -0.25) is 4.90 Å². The van der Waals surface area contributed by atoms with Crippen LogP contribution in [0, 0.1) is 0 Å². The molecule has 0 heterocycles. The summed E-state index contributed by atoms with van der Waals surface area (Å²) < 4.78 is 4.55. The molecule has 0 N–H and O–H groups in total. The summed E-state index contributed by atoms with van der Waals surface area (Å²) in [6, 6.07) is 10.2. The number of carbonyl (C=O) groups is 1. The van der Waals surface area contributed by atoms with Crippen molar-refractivity contribution in [2.75, 3.05) is 20.2 Å². The second-order valence-corrected chi connectivity index (χ2v) is 3.89. The maximum atomic E-state index is 11.0. The van der Waals surface area contributed by atoms with E-state index in [2.05, 4.69) is 28.3 Å². The second-order valence-electron chi connectivity index (χ2n) is 3.89. The Morgan fingerprint density at radius 1 is 1.33 bits per heavy atom. The number of rotatable bonds is 7. The van der Waals surface area contributed by atoms with E-state index in [9.17, 15) is 4.79 Å². The van der Waals surface area contributed by atoms with Gasteiger partial charge < -0.3 is 4.74 Å². The Labute approximate surface area is 108 Å². The van der Waals surface area contributed by atoms with Gasteiger partial charge in [0.1, 0.15) is 0 Å². The van der Waals surface area contributed by atoms with Crippen LogP contribution in [0.2, 0.25) is 0 Å². The van der Waals surface area contributed by atoms with E-state index in [-0.39, 0.29) is 5.97 Å². The van der Waals surface area contributed by atoms with Crippen molar-refractivity contribution in [3.8, 4) is 0 Å². The molecule has 0 aromatic heterocycles. The summed E-state index contributed by atoms with van der Waals surface area (Å²) in [5.41, 5.74) is 1.24. The molecule has 18 heavy (non-hydrogen) atoms. The van der Waals surface area contributed by atoms with Crippen LogP contribution in [-0.4, -0.2) is 31.1 Å². The number of methoxy groups -OCH3 is 1. The lowest BCUT2D eigenvalue weighted by molar-refractivity contribution is -0.134. The van der Waals surface area contributed by atoms with Crippen molar-refractivity contribution in [2.45, 2.75) is 6.54 Å². The smallest absolute Gasteiger partial charge is 0.330 e. The highest BCUT2D eigenvalue weighted by Gasteiger charge is 2.02. The Morgan fingerprint density at radius 2 is 2.06 bits per heavy atom. The largest absolute Gasteiger partial charge is 0.466 e. The molecule has 0 saturated heterocycles. The van der Waals surface area contributed by atoms with E-state index in [0.29, 0.717) is 6.54 Å². The van der Waals surface area contributed by atoms with Gasteiger partial charge in [0.25, 0.3) is 0 Å². The van der Waals surface area contributed by atoms with Gasteiger partial charge in [-0.15, -0.1) is 6.58 Å². The summed E-state index contributed by atoms with van der Waals surface area (Å²) in [7, 11) is 1.37. The van der Waals surface area contributed by atoms with Gasteiger partial charge in [-0.1, -0.05) is 42.5 Å². The molecule has 0 aliphatic heterocycles. The molecule has 0 unspecified atom stereocenters. The molecule has 1 aromatic rings. The summed E-state index contributed by atoms with van der Waals surface area (Å²) in [6.45, 7) is 6.04. The molecule has 0 spiro atoms.